The quantitative estimate of drug-likeness (QED) is 0.521. The molecule has 0 radical (unpaired) electrons. The van der Waals surface area contributed by atoms with E-state index in [1.54, 1.807) is 24.3 Å². The van der Waals surface area contributed by atoms with Gasteiger partial charge in [-0.1, -0.05) is 43.7 Å². The smallest absolute Gasteiger partial charge is 0.325 e. The molecular formula is C23H28N4O6S. The van der Waals surface area contributed by atoms with Crippen molar-refractivity contribution in [3.63, 3.8) is 0 Å². The SMILES string of the molecule is CCC[C@@]1(c2ccccc2)NC(=O)N(CC(=O)Nc2cc(S(=O)(=O)N(C)C)ccc2OC)C1=O. The van der Waals surface area contributed by atoms with Crippen LogP contribution in [0.2, 0.25) is 0 Å². The number of ether oxygens (including phenoxy) is 1. The van der Waals surface area contributed by atoms with Gasteiger partial charge in [-0.2, -0.15) is 0 Å². The van der Waals surface area contributed by atoms with Crippen molar-refractivity contribution in [3.05, 3.63) is 54.1 Å². The molecule has 11 heteroatoms. The Morgan fingerprint density at radius 3 is 2.41 bits per heavy atom. The van der Waals surface area contributed by atoms with Crippen molar-refractivity contribution in [1.82, 2.24) is 14.5 Å². The predicted molar refractivity (Wildman–Crippen MR) is 126 cm³/mol. The second-order valence-corrected chi connectivity index (χ2v) is 10.2. The highest BCUT2D eigenvalue weighted by Crippen LogP contribution is 2.34. The standard InChI is InChI=1S/C23H28N4O6S/c1-5-13-23(16-9-7-6-8-10-16)21(29)27(22(30)25-23)15-20(28)24-18-14-17(11-12-19(18)33-4)34(31,32)26(2)3/h6-12,14H,5,13,15H2,1-4H3,(H,24,28)(H,25,30)/t23-/m0/s1. The molecule has 1 heterocycles. The molecule has 0 bridgehead atoms. The summed E-state index contributed by atoms with van der Waals surface area (Å²) in [4.78, 5) is 39.7. The third kappa shape index (κ3) is 4.62. The molecule has 0 aliphatic carbocycles. The number of carbonyl (C=O) groups is 3. The maximum absolute atomic E-state index is 13.4. The van der Waals surface area contributed by atoms with Gasteiger partial charge in [-0.25, -0.2) is 17.5 Å². The van der Waals surface area contributed by atoms with E-state index in [-0.39, 0.29) is 16.3 Å². The lowest BCUT2D eigenvalue weighted by atomic mass is 9.85. The van der Waals surface area contributed by atoms with Crippen LogP contribution < -0.4 is 15.4 Å². The fourth-order valence-electron chi connectivity index (χ4n) is 3.87. The van der Waals surface area contributed by atoms with Crippen molar-refractivity contribution in [2.75, 3.05) is 33.1 Å². The fourth-order valence-corrected chi connectivity index (χ4v) is 4.79. The molecule has 34 heavy (non-hydrogen) atoms. The van der Waals surface area contributed by atoms with E-state index in [0.29, 0.717) is 18.4 Å². The number of nitrogens with zero attached hydrogens (tertiary/aromatic N) is 2. The van der Waals surface area contributed by atoms with Gasteiger partial charge in [0.1, 0.15) is 17.8 Å². The molecule has 0 aromatic heterocycles. The number of imide groups is 1. The minimum Gasteiger partial charge on any atom is -0.495 e. The molecule has 3 rings (SSSR count). The van der Waals surface area contributed by atoms with Crippen LogP contribution in [0, 0.1) is 0 Å². The number of benzene rings is 2. The van der Waals surface area contributed by atoms with Crippen LogP contribution in [-0.4, -0.2) is 63.2 Å². The summed E-state index contributed by atoms with van der Waals surface area (Å²) in [6.07, 6.45) is 1.00. The van der Waals surface area contributed by atoms with E-state index in [0.717, 1.165) is 9.21 Å². The van der Waals surface area contributed by atoms with E-state index >= 15 is 0 Å². The molecule has 0 spiro atoms. The van der Waals surface area contributed by atoms with Gasteiger partial charge < -0.3 is 15.4 Å². The number of methoxy groups -OCH3 is 1. The van der Waals surface area contributed by atoms with Gasteiger partial charge in [0.25, 0.3) is 5.91 Å². The van der Waals surface area contributed by atoms with Gasteiger partial charge in [-0.3, -0.25) is 14.5 Å². The molecular weight excluding hydrogens is 460 g/mol. The van der Waals surface area contributed by atoms with E-state index < -0.39 is 40.0 Å². The van der Waals surface area contributed by atoms with E-state index in [1.807, 2.05) is 13.0 Å². The Morgan fingerprint density at radius 2 is 1.82 bits per heavy atom. The molecule has 2 aromatic carbocycles. The predicted octanol–water partition coefficient (Wildman–Crippen LogP) is 2.13. The average Bonchev–Trinajstić information content (AvgIpc) is 3.04. The zero-order valence-electron chi connectivity index (χ0n) is 19.5. The number of carbonyl (C=O) groups excluding carboxylic acids is 3. The lowest BCUT2D eigenvalue weighted by molar-refractivity contribution is -0.134. The second kappa shape index (κ2) is 9.82. The molecule has 0 unspecified atom stereocenters. The lowest BCUT2D eigenvalue weighted by Gasteiger charge is -2.26. The van der Waals surface area contributed by atoms with Gasteiger partial charge in [-0.05, 0) is 30.2 Å². The summed E-state index contributed by atoms with van der Waals surface area (Å²) in [5, 5.41) is 5.32. The van der Waals surface area contributed by atoms with Crippen LogP contribution in [0.1, 0.15) is 25.3 Å². The van der Waals surface area contributed by atoms with Crippen molar-refractivity contribution in [1.29, 1.82) is 0 Å². The third-order valence-electron chi connectivity index (χ3n) is 5.59. The maximum Gasteiger partial charge on any atom is 0.325 e. The van der Waals surface area contributed by atoms with Gasteiger partial charge in [0.2, 0.25) is 15.9 Å². The minimum absolute atomic E-state index is 0.0466. The Hall–Kier alpha value is -3.44. The largest absolute Gasteiger partial charge is 0.495 e. The van der Waals surface area contributed by atoms with E-state index in [2.05, 4.69) is 10.6 Å². The Balaban J connectivity index is 1.85. The van der Waals surface area contributed by atoms with Crippen molar-refractivity contribution in [3.8, 4) is 5.75 Å². The van der Waals surface area contributed by atoms with Crippen LogP contribution in [0.4, 0.5) is 10.5 Å². The van der Waals surface area contributed by atoms with E-state index in [1.165, 1.54) is 39.4 Å². The number of urea groups is 1. The van der Waals surface area contributed by atoms with Crippen molar-refractivity contribution in [2.24, 2.45) is 0 Å². The molecule has 10 nitrogen and oxygen atoms in total. The zero-order valence-corrected chi connectivity index (χ0v) is 20.3. The highest BCUT2D eigenvalue weighted by Gasteiger charge is 2.52. The van der Waals surface area contributed by atoms with Crippen molar-refractivity contribution >= 4 is 33.6 Å². The normalized spacial score (nSPS) is 18.2. The fraction of sp³-hybridized carbons (Fsp3) is 0.348. The zero-order chi connectivity index (χ0) is 25.1. The Kier molecular flexibility index (Phi) is 7.27. The van der Waals surface area contributed by atoms with Crippen LogP contribution in [0.3, 0.4) is 0 Å². The van der Waals surface area contributed by atoms with Crippen LogP contribution in [0.5, 0.6) is 5.75 Å². The first-order valence-electron chi connectivity index (χ1n) is 10.7. The minimum atomic E-state index is -3.75. The monoisotopic (exact) mass is 488 g/mol. The van der Waals surface area contributed by atoms with E-state index in [9.17, 15) is 22.8 Å². The van der Waals surface area contributed by atoms with Gasteiger partial charge in [-0.15, -0.1) is 0 Å². The summed E-state index contributed by atoms with van der Waals surface area (Å²) in [7, 11) is 0.409. The summed E-state index contributed by atoms with van der Waals surface area (Å²) in [5.74, 6) is -0.967. The van der Waals surface area contributed by atoms with Crippen LogP contribution in [-0.2, 0) is 25.2 Å². The molecule has 1 aliphatic heterocycles. The number of sulfonamides is 1. The van der Waals surface area contributed by atoms with Crippen LogP contribution >= 0.6 is 0 Å². The first kappa shape index (κ1) is 25.2. The summed E-state index contributed by atoms with van der Waals surface area (Å²) < 4.78 is 31.2. The number of amides is 4. The first-order valence-corrected chi connectivity index (χ1v) is 12.1. The lowest BCUT2D eigenvalue weighted by Crippen LogP contribution is -2.44. The second-order valence-electron chi connectivity index (χ2n) is 8.04. The number of anilines is 1. The molecule has 2 aromatic rings. The van der Waals surface area contributed by atoms with Crippen molar-refractivity contribution in [2.45, 2.75) is 30.2 Å². The topological polar surface area (TPSA) is 125 Å². The summed E-state index contributed by atoms with van der Waals surface area (Å²) in [6.45, 7) is 1.36. The highest BCUT2D eigenvalue weighted by atomic mass is 32.2. The van der Waals surface area contributed by atoms with Gasteiger partial charge >= 0.3 is 6.03 Å². The Bertz CT molecular complexity index is 1200. The molecule has 1 atom stereocenters. The molecule has 4 amide bonds. The summed E-state index contributed by atoms with van der Waals surface area (Å²) in [6, 6.07) is 12.3. The van der Waals surface area contributed by atoms with Crippen LogP contribution in [0.15, 0.2) is 53.4 Å². The third-order valence-corrected chi connectivity index (χ3v) is 7.40. The molecule has 1 fully saturated rings. The Morgan fingerprint density at radius 1 is 1.15 bits per heavy atom. The Labute approximate surface area is 198 Å². The molecule has 1 saturated heterocycles. The highest BCUT2D eigenvalue weighted by molar-refractivity contribution is 7.89. The summed E-state index contributed by atoms with van der Waals surface area (Å²) >= 11 is 0. The van der Waals surface area contributed by atoms with Gasteiger partial charge in [0.15, 0.2) is 0 Å². The number of rotatable bonds is 9. The van der Waals surface area contributed by atoms with Crippen LogP contribution in [0.25, 0.3) is 0 Å². The van der Waals surface area contributed by atoms with Gasteiger partial charge in [0, 0.05) is 14.1 Å². The number of hydrogen-bond donors (Lipinski definition) is 2. The average molecular weight is 489 g/mol. The molecule has 1 aliphatic rings. The number of nitrogens with one attached hydrogen (secondary N) is 2. The molecule has 0 saturated carbocycles. The first-order chi connectivity index (χ1) is 16.1. The molecule has 182 valence electrons. The summed E-state index contributed by atoms with van der Waals surface area (Å²) in [5.41, 5.74) is -0.503. The van der Waals surface area contributed by atoms with Crippen molar-refractivity contribution < 1.29 is 27.5 Å². The van der Waals surface area contributed by atoms with Gasteiger partial charge in [0.05, 0.1) is 17.7 Å². The molecule has 2 N–H and O–H groups in total. The number of hydrogen-bond acceptors (Lipinski definition) is 6. The van der Waals surface area contributed by atoms with E-state index in [4.69, 9.17) is 4.74 Å². The maximum atomic E-state index is 13.4.